The third kappa shape index (κ3) is 4.35. The van der Waals surface area contributed by atoms with Crippen LogP contribution in [0.3, 0.4) is 0 Å². The number of halogens is 5. The molecule has 2 aromatic carbocycles. The summed E-state index contributed by atoms with van der Waals surface area (Å²) in [5.41, 5.74) is 1.97. The molecular weight excluding hydrogens is 362 g/mol. The minimum absolute atomic E-state index is 0.0627. The molecule has 7 heteroatoms. The Morgan fingerprint density at radius 2 is 1.58 bits per heavy atom. The van der Waals surface area contributed by atoms with Gasteiger partial charge in [-0.25, -0.2) is 0 Å². The van der Waals surface area contributed by atoms with E-state index in [1.165, 1.54) is 12.1 Å². The fourth-order valence-electron chi connectivity index (χ4n) is 2.96. The lowest BCUT2D eigenvalue weighted by molar-refractivity contribution is -0.274. The first-order chi connectivity index (χ1) is 11.3. The summed E-state index contributed by atoms with van der Waals surface area (Å²) in [6.45, 7) is 0.752. The van der Waals surface area contributed by atoms with Crippen molar-refractivity contribution in [2.24, 2.45) is 0 Å². The molecule has 1 heterocycles. The molecule has 2 nitrogen and oxygen atoms in total. The van der Waals surface area contributed by atoms with Crippen molar-refractivity contribution in [2.75, 3.05) is 6.54 Å². The third-order valence-corrected chi connectivity index (χ3v) is 4.44. The van der Waals surface area contributed by atoms with E-state index in [1.807, 2.05) is 12.1 Å². The molecule has 3 rings (SSSR count). The second kappa shape index (κ2) is 6.82. The summed E-state index contributed by atoms with van der Waals surface area (Å²) in [5, 5.41) is 4.56. The van der Waals surface area contributed by atoms with E-state index in [2.05, 4.69) is 10.1 Å². The van der Waals surface area contributed by atoms with Crippen molar-refractivity contribution in [1.29, 1.82) is 0 Å². The summed E-state index contributed by atoms with van der Waals surface area (Å²) < 4.78 is 40.5. The van der Waals surface area contributed by atoms with Crippen LogP contribution in [0.2, 0.25) is 10.0 Å². The SMILES string of the molecule is FC(F)(F)Oc1ccc(C2CC(c3cc(Cl)cc(Cl)c3)CN2)cc1. The molecule has 0 radical (unpaired) electrons. The second-order valence-corrected chi connectivity index (χ2v) is 6.59. The van der Waals surface area contributed by atoms with Crippen LogP contribution in [0.1, 0.15) is 29.5 Å². The van der Waals surface area contributed by atoms with Gasteiger partial charge in [0, 0.05) is 22.6 Å². The molecule has 2 unspecified atom stereocenters. The molecule has 1 saturated heterocycles. The Labute approximate surface area is 147 Å². The van der Waals surface area contributed by atoms with Crippen LogP contribution in [0.25, 0.3) is 0 Å². The number of hydrogen-bond donors (Lipinski definition) is 1. The van der Waals surface area contributed by atoms with Gasteiger partial charge in [0.2, 0.25) is 0 Å². The number of alkyl halides is 3. The van der Waals surface area contributed by atoms with Gasteiger partial charge in [-0.15, -0.1) is 13.2 Å². The van der Waals surface area contributed by atoms with Crippen molar-refractivity contribution in [2.45, 2.75) is 24.7 Å². The zero-order chi connectivity index (χ0) is 17.3. The molecule has 0 amide bonds. The van der Waals surface area contributed by atoms with Crippen LogP contribution in [0.4, 0.5) is 13.2 Å². The minimum Gasteiger partial charge on any atom is -0.406 e. The molecule has 1 aliphatic rings. The highest BCUT2D eigenvalue weighted by molar-refractivity contribution is 6.34. The minimum atomic E-state index is -4.68. The molecular formula is C17H14Cl2F3NO. The highest BCUT2D eigenvalue weighted by Gasteiger charge is 2.31. The highest BCUT2D eigenvalue weighted by Crippen LogP contribution is 2.36. The average Bonchev–Trinajstić information content (AvgIpc) is 2.95. The molecule has 0 aromatic heterocycles. The zero-order valence-electron chi connectivity index (χ0n) is 12.4. The maximum Gasteiger partial charge on any atom is 0.573 e. The summed E-state index contributed by atoms with van der Waals surface area (Å²) in [6, 6.07) is 11.5. The molecule has 0 aliphatic carbocycles. The molecule has 0 spiro atoms. The van der Waals surface area contributed by atoms with Gasteiger partial charge in [0.25, 0.3) is 0 Å². The van der Waals surface area contributed by atoms with Crippen LogP contribution in [-0.2, 0) is 0 Å². The van der Waals surface area contributed by atoms with Crippen LogP contribution in [0, 0.1) is 0 Å². The van der Waals surface area contributed by atoms with Crippen LogP contribution in [0.5, 0.6) is 5.75 Å². The van der Waals surface area contributed by atoms with Crippen molar-refractivity contribution in [3.63, 3.8) is 0 Å². The molecule has 1 N–H and O–H groups in total. The van der Waals surface area contributed by atoms with E-state index in [0.29, 0.717) is 10.0 Å². The molecule has 1 aliphatic heterocycles. The van der Waals surface area contributed by atoms with Crippen molar-refractivity contribution >= 4 is 23.2 Å². The predicted molar refractivity (Wildman–Crippen MR) is 87.7 cm³/mol. The van der Waals surface area contributed by atoms with Gasteiger partial charge < -0.3 is 10.1 Å². The van der Waals surface area contributed by atoms with E-state index in [0.717, 1.165) is 24.1 Å². The predicted octanol–water partition coefficient (Wildman–Crippen LogP) is 5.71. The topological polar surface area (TPSA) is 21.3 Å². The van der Waals surface area contributed by atoms with E-state index in [4.69, 9.17) is 23.2 Å². The fourth-order valence-corrected chi connectivity index (χ4v) is 3.50. The maximum absolute atomic E-state index is 12.2. The summed E-state index contributed by atoms with van der Waals surface area (Å²) in [4.78, 5) is 0. The number of nitrogens with one attached hydrogen (secondary N) is 1. The number of rotatable bonds is 3. The van der Waals surface area contributed by atoms with E-state index in [1.54, 1.807) is 18.2 Å². The Morgan fingerprint density at radius 1 is 0.958 bits per heavy atom. The Hall–Kier alpha value is -1.43. The van der Waals surface area contributed by atoms with Gasteiger partial charge in [0.05, 0.1) is 0 Å². The van der Waals surface area contributed by atoms with Crippen molar-refractivity contribution < 1.29 is 17.9 Å². The summed E-state index contributed by atoms with van der Waals surface area (Å²) >= 11 is 12.1. The summed E-state index contributed by atoms with van der Waals surface area (Å²) in [5.74, 6) is 0.0275. The van der Waals surface area contributed by atoms with Gasteiger partial charge in [-0.3, -0.25) is 0 Å². The highest BCUT2D eigenvalue weighted by atomic mass is 35.5. The smallest absolute Gasteiger partial charge is 0.406 e. The lowest BCUT2D eigenvalue weighted by Gasteiger charge is -2.13. The lowest BCUT2D eigenvalue weighted by Crippen LogP contribution is -2.17. The quantitative estimate of drug-likeness (QED) is 0.741. The Morgan fingerprint density at radius 3 is 2.17 bits per heavy atom. The van der Waals surface area contributed by atoms with Gasteiger partial charge in [-0.05, 0) is 53.8 Å². The van der Waals surface area contributed by atoms with E-state index >= 15 is 0 Å². The summed E-state index contributed by atoms with van der Waals surface area (Å²) in [6.07, 6.45) is -3.86. The van der Waals surface area contributed by atoms with Gasteiger partial charge in [-0.2, -0.15) is 0 Å². The molecule has 1 fully saturated rings. The Balaban J connectivity index is 1.69. The van der Waals surface area contributed by atoms with Crippen molar-refractivity contribution in [1.82, 2.24) is 5.32 Å². The first-order valence-corrected chi connectivity index (χ1v) is 8.11. The monoisotopic (exact) mass is 375 g/mol. The van der Waals surface area contributed by atoms with Gasteiger partial charge in [0.15, 0.2) is 0 Å². The first-order valence-electron chi connectivity index (χ1n) is 7.35. The van der Waals surface area contributed by atoms with Gasteiger partial charge >= 0.3 is 6.36 Å². The maximum atomic E-state index is 12.2. The van der Waals surface area contributed by atoms with E-state index < -0.39 is 6.36 Å². The van der Waals surface area contributed by atoms with E-state index in [9.17, 15) is 13.2 Å². The Bertz CT molecular complexity index is 699. The molecule has 24 heavy (non-hydrogen) atoms. The number of hydrogen-bond acceptors (Lipinski definition) is 2. The van der Waals surface area contributed by atoms with Crippen molar-refractivity contribution in [3.05, 3.63) is 63.6 Å². The second-order valence-electron chi connectivity index (χ2n) is 5.71. The van der Waals surface area contributed by atoms with Crippen LogP contribution in [0.15, 0.2) is 42.5 Å². The summed E-state index contributed by atoms with van der Waals surface area (Å²) in [7, 11) is 0. The van der Waals surface area contributed by atoms with Crippen LogP contribution in [-0.4, -0.2) is 12.9 Å². The molecule has 0 bridgehead atoms. The largest absolute Gasteiger partial charge is 0.573 e. The van der Waals surface area contributed by atoms with Crippen molar-refractivity contribution in [3.8, 4) is 5.75 Å². The van der Waals surface area contributed by atoms with Crippen LogP contribution >= 0.6 is 23.2 Å². The third-order valence-electron chi connectivity index (χ3n) is 4.00. The fraction of sp³-hybridized carbons (Fsp3) is 0.294. The molecule has 128 valence electrons. The zero-order valence-corrected chi connectivity index (χ0v) is 13.9. The van der Waals surface area contributed by atoms with Crippen LogP contribution < -0.4 is 10.1 Å². The molecule has 0 saturated carbocycles. The molecule has 2 atom stereocenters. The number of ether oxygens (including phenoxy) is 1. The van der Waals surface area contributed by atoms with E-state index in [-0.39, 0.29) is 17.7 Å². The van der Waals surface area contributed by atoms with Gasteiger partial charge in [-0.1, -0.05) is 35.3 Å². The van der Waals surface area contributed by atoms with Gasteiger partial charge in [0.1, 0.15) is 5.75 Å². The Kier molecular flexibility index (Phi) is 4.95. The average molecular weight is 376 g/mol. The first kappa shape index (κ1) is 17.4. The number of benzene rings is 2. The molecule has 2 aromatic rings. The lowest BCUT2D eigenvalue weighted by atomic mass is 9.94. The normalized spacial score (nSPS) is 21.0. The standard InChI is InChI=1S/C17H14Cl2F3NO/c18-13-5-11(6-14(19)8-13)12-7-16(23-9-12)10-1-3-15(4-2-10)24-17(20,21)22/h1-6,8,12,16,23H,7,9H2.